The number of thiazole rings is 1. The number of piperazine rings is 1. The van der Waals surface area contributed by atoms with Crippen LogP contribution in [0.25, 0.3) is 0 Å². The maximum Gasteiger partial charge on any atom is 0.251 e. The van der Waals surface area contributed by atoms with Gasteiger partial charge in [-0.05, 0) is 44.4 Å². The van der Waals surface area contributed by atoms with Crippen molar-refractivity contribution >= 4 is 33.2 Å². The molecule has 0 aliphatic carbocycles. The standard InChI is InChI=1S/C19H24N4O4S2/c1-14-13-28-18(22-14)7-2-3-8-21-19(25)15-5-4-6-16(11-15)29(26,27)23-10-9-20-17(24)12-23/h4-6,11,13H,2-3,7-10,12H2,1H3,(H,20,24)(H,21,25). The molecule has 8 nitrogen and oxygen atoms in total. The Morgan fingerprint density at radius 3 is 2.90 bits per heavy atom. The molecule has 0 saturated carbocycles. The summed E-state index contributed by atoms with van der Waals surface area (Å²) in [7, 11) is -3.82. The Morgan fingerprint density at radius 2 is 2.17 bits per heavy atom. The van der Waals surface area contributed by atoms with Crippen LogP contribution in [-0.4, -0.2) is 55.7 Å². The maximum atomic E-state index is 12.8. The zero-order chi connectivity index (χ0) is 20.9. The van der Waals surface area contributed by atoms with Crippen LogP contribution in [0.2, 0.25) is 0 Å². The SMILES string of the molecule is Cc1csc(CCCCNC(=O)c2cccc(S(=O)(=O)N3CCNC(=O)C3)c2)n1. The van der Waals surface area contributed by atoms with Gasteiger partial charge in [0.25, 0.3) is 5.91 Å². The van der Waals surface area contributed by atoms with Crippen molar-refractivity contribution in [3.05, 3.63) is 45.9 Å². The van der Waals surface area contributed by atoms with E-state index in [1.807, 2.05) is 12.3 Å². The number of carbonyl (C=O) groups excluding carboxylic acids is 2. The number of aromatic nitrogens is 1. The first-order valence-electron chi connectivity index (χ1n) is 9.42. The molecule has 1 aromatic carbocycles. The summed E-state index contributed by atoms with van der Waals surface area (Å²) in [6.45, 7) is 2.75. The van der Waals surface area contributed by atoms with Crippen LogP contribution in [0, 0.1) is 6.92 Å². The summed E-state index contributed by atoms with van der Waals surface area (Å²) >= 11 is 1.64. The summed E-state index contributed by atoms with van der Waals surface area (Å²) in [5.74, 6) is -0.648. The normalized spacial score (nSPS) is 15.1. The summed E-state index contributed by atoms with van der Waals surface area (Å²) in [4.78, 5) is 28.3. The summed E-state index contributed by atoms with van der Waals surface area (Å²) in [6, 6.07) is 5.91. The minimum atomic E-state index is -3.82. The fourth-order valence-corrected chi connectivity index (χ4v) is 5.25. The van der Waals surface area contributed by atoms with Gasteiger partial charge < -0.3 is 10.6 Å². The van der Waals surface area contributed by atoms with E-state index in [9.17, 15) is 18.0 Å². The van der Waals surface area contributed by atoms with Crippen molar-refractivity contribution in [2.45, 2.75) is 31.1 Å². The molecule has 0 spiro atoms. The highest BCUT2D eigenvalue weighted by molar-refractivity contribution is 7.89. The van der Waals surface area contributed by atoms with Crippen LogP contribution >= 0.6 is 11.3 Å². The lowest BCUT2D eigenvalue weighted by atomic mass is 10.2. The van der Waals surface area contributed by atoms with Gasteiger partial charge in [-0.25, -0.2) is 13.4 Å². The lowest BCUT2D eigenvalue weighted by Gasteiger charge is -2.26. The van der Waals surface area contributed by atoms with E-state index in [-0.39, 0.29) is 41.9 Å². The molecule has 1 aliphatic rings. The number of aryl methyl sites for hydroxylation is 2. The molecule has 1 aliphatic heterocycles. The number of hydrogen-bond acceptors (Lipinski definition) is 6. The van der Waals surface area contributed by atoms with E-state index < -0.39 is 10.0 Å². The maximum absolute atomic E-state index is 12.8. The second-order valence-electron chi connectivity index (χ2n) is 6.81. The average molecular weight is 437 g/mol. The molecule has 10 heteroatoms. The number of benzene rings is 1. The fraction of sp³-hybridized carbons (Fsp3) is 0.421. The fourth-order valence-electron chi connectivity index (χ4n) is 2.99. The first kappa shape index (κ1) is 21.4. The minimum Gasteiger partial charge on any atom is -0.354 e. The number of unbranched alkanes of at least 4 members (excludes halogenated alkanes) is 1. The van der Waals surface area contributed by atoms with E-state index in [2.05, 4.69) is 15.6 Å². The second kappa shape index (κ2) is 9.47. The molecule has 0 atom stereocenters. The van der Waals surface area contributed by atoms with Crippen molar-refractivity contribution in [1.82, 2.24) is 19.9 Å². The van der Waals surface area contributed by atoms with Gasteiger partial charge in [-0.1, -0.05) is 6.07 Å². The topological polar surface area (TPSA) is 108 Å². The molecule has 1 saturated heterocycles. The monoisotopic (exact) mass is 436 g/mol. The van der Waals surface area contributed by atoms with Crippen LogP contribution < -0.4 is 10.6 Å². The molecule has 2 heterocycles. The van der Waals surface area contributed by atoms with Crippen molar-refractivity contribution in [2.75, 3.05) is 26.2 Å². The van der Waals surface area contributed by atoms with Gasteiger partial charge in [-0.15, -0.1) is 11.3 Å². The summed E-state index contributed by atoms with van der Waals surface area (Å²) in [5.41, 5.74) is 1.31. The van der Waals surface area contributed by atoms with Gasteiger partial charge in [-0.3, -0.25) is 9.59 Å². The summed E-state index contributed by atoms with van der Waals surface area (Å²) in [6.07, 6.45) is 2.61. The van der Waals surface area contributed by atoms with E-state index in [0.717, 1.165) is 34.3 Å². The predicted molar refractivity (Wildman–Crippen MR) is 110 cm³/mol. The third kappa shape index (κ3) is 5.62. The number of hydrogen-bond donors (Lipinski definition) is 2. The zero-order valence-electron chi connectivity index (χ0n) is 16.2. The van der Waals surface area contributed by atoms with Gasteiger partial charge in [0.2, 0.25) is 15.9 Å². The highest BCUT2D eigenvalue weighted by Crippen LogP contribution is 2.18. The lowest BCUT2D eigenvalue weighted by molar-refractivity contribution is -0.122. The van der Waals surface area contributed by atoms with Crippen LogP contribution in [0.5, 0.6) is 0 Å². The van der Waals surface area contributed by atoms with E-state index in [1.54, 1.807) is 17.4 Å². The van der Waals surface area contributed by atoms with Gasteiger partial charge in [-0.2, -0.15) is 4.31 Å². The van der Waals surface area contributed by atoms with Crippen molar-refractivity contribution < 1.29 is 18.0 Å². The Hall–Kier alpha value is -2.30. The number of rotatable bonds is 8. The van der Waals surface area contributed by atoms with Gasteiger partial charge in [0.15, 0.2) is 0 Å². The molecule has 0 unspecified atom stereocenters. The molecule has 156 valence electrons. The minimum absolute atomic E-state index is 0.0130. The quantitative estimate of drug-likeness (QED) is 0.607. The van der Waals surface area contributed by atoms with Crippen LogP contribution in [0.3, 0.4) is 0 Å². The van der Waals surface area contributed by atoms with E-state index in [0.29, 0.717) is 6.54 Å². The summed E-state index contributed by atoms with van der Waals surface area (Å²) in [5, 5.41) is 8.54. The molecule has 0 bridgehead atoms. The van der Waals surface area contributed by atoms with Crippen LogP contribution in [0.15, 0.2) is 34.5 Å². The lowest BCUT2D eigenvalue weighted by Crippen LogP contribution is -2.49. The van der Waals surface area contributed by atoms with E-state index in [4.69, 9.17) is 0 Å². The van der Waals surface area contributed by atoms with Crippen molar-refractivity contribution in [2.24, 2.45) is 0 Å². The molecule has 0 radical (unpaired) electrons. The summed E-state index contributed by atoms with van der Waals surface area (Å²) < 4.78 is 26.6. The number of amides is 2. The predicted octanol–water partition coefficient (Wildman–Crippen LogP) is 1.32. The number of nitrogens with zero attached hydrogens (tertiary/aromatic N) is 2. The molecule has 29 heavy (non-hydrogen) atoms. The van der Waals surface area contributed by atoms with Crippen molar-refractivity contribution in [1.29, 1.82) is 0 Å². The Morgan fingerprint density at radius 1 is 1.34 bits per heavy atom. The second-order valence-corrected chi connectivity index (χ2v) is 9.69. The molecule has 1 fully saturated rings. The molecule has 2 N–H and O–H groups in total. The van der Waals surface area contributed by atoms with Gasteiger partial charge >= 0.3 is 0 Å². The van der Waals surface area contributed by atoms with Gasteiger partial charge in [0.05, 0.1) is 16.4 Å². The molecular weight excluding hydrogens is 412 g/mol. The molecule has 2 aromatic rings. The smallest absolute Gasteiger partial charge is 0.251 e. The van der Waals surface area contributed by atoms with Crippen molar-refractivity contribution in [3.8, 4) is 0 Å². The average Bonchev–Trinajstić information content (AvgIpc) is 3.12. The Balaban J connectivity index is 1.54. The molecule has 3 rings (SSSR count). The molecule has 2 amide bonds. The number of carbonyl (C=O) groups is 2. The van der Waals surface area contributed by atoms with Crippen LogP contribution in [0.1, 0.15) is 33.9 Å². The number of nitrogens with one attached hydrogen (secondary N) is 2. The largest absolute Gasteiger partial charge is 0.354 e. The van der Waals surface area contributed by atoms with Crippen molar-refractivity contribution in [3.63, 3.8) is 0 Å². The highest BCUT2D eigenvalue weighted by Gasteiger charge is 2.29. The first-order valence-corrected chi connectivity index (χ1v) is 11.7. The highest BCUT2D eigenvalue weighted by atomic mass is 32.2. The third-order valence-electron chi connectivity index (χ3n) is 4.51. The first-order chi connectivity index (χ1) is 13.9. The molecular formula is C19H24N4O4S2. The Bertz CT molecular complexity index is 988. The van der Waals surface area contributed by atoms with E-state index >= 15 is 0 Å². The zero-order valence-corrected chi connectivity index (χ0v) is 17.8. The molecule has 1 aromatic heterocycles. The van der Waals surface area contributed by atoms with Gasteiger partial charge in [0.1, 0.15) is 0 Å². The van der Waals surface area contributed by atoms with Gasteiger partial charge in [0, 0.05) is 36.3 Å². The number of sulfonamides is 1. The van der Waals surface area contributed by atoms with E-state index in [1.165, 1.54) is 18.2 Å². The third-order valence-corrected chi connectivity index (χ3v) is 7.37. The Labute approximate surface area is 174 Å². The van der Waals surface area contributed by atoms with Crippen LogP contribution in [-0.2, 0) is 21.2 Å². The Kier molecular flexibility index (Phi) is 6.99. The van der Waals surface area contributed by atoms with Crippen LogP contribution in [0.4, 0.5) is 0 Å².